The molecule has 1 aliphatic heterocycles. The van der Waals surface area contributed by atoms with Gasteiger partial charge in [-0.2, -0.15) is 5.10 Å². The van der Waals surface area contributed by atoms with E-state index >= 15 is 0 Å². The highest BCUT2D eigenvalue weighted by molar-refractivity contribution is 5.79. The van der Waals surface area contributed by atoms with Crippen molar-refractivity contribution in [3.8, 4) is 0 Å². The van der Waals surface area contributed by atoms with Crippen LogP contribution in [0, 0.1) is 6.92 Å². The van der Waals surface area contributed by atoms with E-state index in [9.17, 15) is 4.79 Å². The van der Waals surface area contributed by atoms with E-state index < -0.39 is 0 Å². The SMILES string of the molecule is CCc1nnc(N2CCN(C(=O)Cc3ccccc3C)CC2)nc1CC. The van der Waals surface area contributed by atoms with Crippen molar-refractivity contribution in [3.63, 3.8) is 0 Å². The Balaban J connectivity index is 1.60. The molecule has 1 aromatic carbocycles. The van der Waals surface area contributed by atoms with Crippen LogP contribution in [0.1, 0.15) is 36.4 Å². The van der Waals surface area contributed by atoms with Crippen LogP contribution in [0.4, 0.5) is 5.95 Å². The fraction of sp³-hybridized carbons (Fsp3) is 0.500. The molecule has 0 radical (unpaired) electrons. The first-order valence-corrected chi connectivity index (χ1v) is 9.42. The molecule has 26 heavy (non-hydrogen) atoms. The lowest BCUT2D eigenvalue weighted by atomic mass is 10.1. The third-order valence-electron chi connectivity index (χ3n) is 5.02. The third-order valence-corrected chi connectivity index (χ3v) is 5.02. The van der Waals surface area contributed by atoms with Crippen molar-refractivity contribution in [2.75, 3.05) is 31.1 Å². The highest BCUT2D eigenvalue weighted by atomic mass is 16.2. The van der Waals surface area contributed by atoms with Crippen molar-refractivity contribution in [3.05, 3.63) is 46.8 Å². The fourth-order valence-corrected chi connectivity index (χ4v) is 3.30. The van der Waals surface area contributed by atoms with E-state index in [2.05, 4.69) is 46.9 Å². The van der Waals surface area contributed by atoms with Crippen LogP contribution in [0.25, 0.3) is 0 Å². The summed E-state index contributed by atoms with van der Waals surface area (Å²) in [4.78, 5) is 21.4. The minimum atomic E-state index is 0.188. The lowest BCUT2D eigenvalue weighted by molar-refractivity contribution is -0.130. The van der Waals surface area contributed by atoms with Crippen LogP contribution < -0.4 is 4.90 Å². The number of carbonyl (C=O) groups is 1. The molecule has 6 nitrogen and oxygen atoms in total. The number of piperazine rings is 1. The Bertz CT molecular complexity index is 769. The van der Waals surface area contributed by atoms with Crippen molar-refractivity contribution in [2.24, 2.45) is 0 Å². The van der Waals surface area contributed by atoms with Gasteiger partial charge in [0, 0.05) is 26.2 Å². The maximum Gasteiger partial charge on any atom is 0.245 e. The third kappa shape index (κ3) is 4.00. The predicted molar refractivity (Wildman–Crippen MR) is 102 cm³/mol. The normalized spacial score (nSPS) is 14.6. The average Bonchev–Trinajstić information content (AvgIpc) is 2.69. The standard InChI is InChI=1S/C20H27N5O/c1-4-17-18(5-2)22-23-20(21-17)25-12-10-24(11-13-25)19(26)14-16-9-7-6-8-15(16)3/h6-9H,4-5,10-14H2,1-3H3. The Labute approximate surface area is 155 Å². The number of benzene rings is 1. The van der Waals surface area contributed by atoms with Crippen LogP contribution in [0.3, 0.4) is 0 Å². The number of anilines is 1. The molecule has 0 spiro atoms. The molecule has 0 N–H and O–H groups in total. The molecule has 1 aliphatic rings. The summed E-state index contributed by atoms with van der Waals surface area (Å²) in [5.41, 5.74) is 4.27. The van der Waals surface area contributed by atoms with Crippen molar-refractivity contribution in [1.29, 1.82) is 0 Å². The zero-order valence-corrected chi connectivity index (χ0v) is 15.9. The molecule has 138 valence electrons. The van der Waals surface area contributed by atoms with Crippen molar-refractivity contribution in [2.45, 2.75) is 40.0 Å². The minimum absolute atomic E-state index is 0.188. The Morgan fingerprint density at radius 2 is 1.69 bits per heavy atom. The summed E-state index contributed by atoms with van der Waals surface area (Å²) in [5.74, 6) is 0.874. The van der Waals surface area contributed by atoms with E-state index in [4.69, 9.17) is 0 Å². The summed E-state index contributed by atoms with van der Waals surface area (Å²) in [6.45, 7) is 9.11. The predicted octanol–water partition coefficient (Wildman–Crippen LogP) is 2.20. The van der Waals surface area contributed by atoms with Gasteiger partial charge in [0.15, 0.2) is 0 Å². The molecule has 1 fully saturated rings. The average molecular weight is 353 g/mol. The van der Waals surface area contributed by atoms with E-state index in [1.165, 1.54) is 5.56 Å². The first kappa shape index (κ1) is 18.3. The lowest BCUT2D eigenvalue weighted by Gasteiger charge is -2.34. The van der Waals surface area contributed by atoms with Gasteiger partial charge in [-0.05, 0) is 30.9 Å². The number of hydrogen-bond acceptors (Lipinski definition) is 5. The highest BCUT2D eigenvalue weighted by Gasteiger charge is 2.23. The molecule has 0 unspecified atom stereocenters. The second-order valence-electron chi connectivity index (χ2n) is 6.68. The number of aromatic nitrogens is 3. The molecule has 6 heteroatoms. The van der Waals surface area contributed by atoms with Crippen LogP contribution in [-0.2, 0) is 24.1 Å². The molecule has 2 heterocycles. The molecule has 0 bridgehead atoms. The van der Waals surface area contributed by atoms with Gasteiger partial charge in [0.2, 0.25) is 11.9 Å². The number of hydrogen-bond donors (Lipinski definition) is 0. The first-order valence-electron chi connectivity index (χ1n) is 9.42. The Hall–Kier alpha value is -2.50. The molecule has 3 rings (SSSR count). The van der Waals surface area contributed by atoms with Gasteiger partial charge >= 0.3 is 0 Å². The van der Waals surface area contributed by atoms with Gasteiger partial charge in [-0.3, -0.25) is 4.79 Å². The van der Waals surface area contributed by atoms with Gasteiger partial charge < -0.3 is 9.80 Å². The van der Waals surface area contributed by atoms with E-state index in [1.807, 2.05) is 23.1 Å². The molecule has 1 aromatic heterocycles. The number of nitrogens with zero attached hydrogens (tertiary/aromatic N) is 5. The fourth-order valence-electron chi connectivity index (χ4n) is 3.30. The maximum absolute atomic E-state index is 12.6. The monoisotopic (exact) mass is 353 g/mol. The zero-order chi connectivity index (χ0) is 18.5. The quantitative estimate of drug-likeness (QED) is 0.825. The van der Waals surface area contributed by atoms with Gasteiger partial charge in [-0.25, -0.2) is 4.98 Å². The summed E-state index contributed by atoms with van der Waals surface area (Å²) >= 11 is 0. The Morgan fingerprint density at radius 1 is 1.00 bits per heavy atom. The molecule has 1 amide bonds. The summed E-state index contributed by atoms with van der Waals surface area (Å²) < 4.78 is 0. The van der Waals surface area contributed by atoms with Gasteiger partial charge in [0.1, 0.15) is 0 Å². The maximum atomic E-state index is 12.6. The second kappa shape index (κ2) is 8.25. The summed E-state index contributed by atoms with van der Waals surface area (Å²) in [6.07, 6.45) is 2.18. The van der Waals surface area contributed by atoms with Crippen LogP contribution >= 0.6 is 0 Å². The van der Waals surface area contributed by atoms with Crippen LogP contribution in [0.15, 0.2) is 24.3 Å². The first-order chi connectivity index (χ1) is 12.6. The smallest absolute Gasteiger partial charge is 0.245 e. The second-order valence-corrected chi connectivity index (χ2v) is 6.68. The summed E-state index contributed by atoms with van der Waals surface area (Å²) in [6, 6.07) is 8.08. The van der Waals surface area contributed by atoms with E-state index in [1.54, 1.807) is 0 Å². The van der Waals surface area contributed by atoms with Crippen molar-refractivity contribution >= 4 is 11.9 Å². The molecule has 1 saturated heterocycles. The highest BCUT2D eigenvalue weighted by Crippen LogP contribution is 2.15. The number of amides is 1. The molecule has 2 aromatic rings. The topological polar surface area (TPSA) is 62.2 Å². The lowest BCUT2D eigenvalue weighted by Crippen LogP contribution is -2.49. The number of carbonyl (C=O) groups excluding carboxylic acids is 1. The van der Waals surface area contributed by atoms with Gasteiger partial charge in [0.05, 0.1) is 17.8 Å². The number of aryl methyl sites for hydroxylation is 3. The summed E-state index contributed by atoms with van der Waals surface area (Å²) in [5, 5.41) is 8.62. The largest absolute Gasteiger partial charge is 0.339 e. The van der Waals surface area contributed by atoms with Crippen LogP contribution in [0.5, 0.6) is 0 Å². The van der Waals surface area contributed by atoms with Gasteiger partial charge in [0.25, 0.3) is 0 Å². The molecule has 0 aliphatic carbocycles. The van der Waals surface area contributed by atoms with Crippen molar-refractivity contribution in [1.82, 2.24) is 20.1 Å². The van der Waals surface area contributed by atoms with Crippen molar-refractivity contribution < 1.29 is 4.79 Å². The molecule has 0 atom stereocenters. The van der Waals surface area contributed by atoms with E-state index in [0.717, 1.165) is 42.9 Å². The van der Waals surface area contributed by atoms with Crippen LogP contribution in [-0.4, -0.2) is 52.2 Å². The number of rotatable bonds is 5. The molecule has 0 saturated carbocycles. The molecular weight excluding hydrogens is 326 g/mol. The van der Waals surface area contributed by atoms with Gasteiger partial charge in [-0.1, -0.05) is 38.1 Å². The Morgan fingerprint density at radius 3 is 2.35 bits per heavy atom. The van der Waals surface area contributed by atoms with Gasteiger partial charge in [-0.15, -0.1) is 5.10 Å². The summed E-state index contributed by atoms with van der Waals surface area (Å²) in [7, 11) is 0. The zero-order valence-electron chi connectivity index (χ0n) is 15.9. The molecular formula is C20H27N5O. The minimum Gasteiger partial charge on any atom is -0.339 e. The van der Waals surface area contributed by atoms with E-state index in [0.29, 0.717) is 25.5 Å². The Kier molecular flexibility index (Phi) is 5.81. The van der Waals surface area contributed by atoms with Crippen LogP contribution in [0.2, 0.25) is 0 Å². The van der Waals surface area contributed by atoms with E-state index in [-0.39, 0.29) is 5.91 Å².